The van der Waals surface area contributed by atoms with Crippen molar-refractivity contribution in [2.45, 2.75) is 19.1 Å². The lowest BCUT2D eigenvalue weighted by Gasteiger charge is -2.17. The van der Waals surface area contributed by atoms with Crippen molar-refractivity contribution in [1.29, 1.82) is 5.41 Å². The number of esters is 1. The van der Waals surface area contributed by atoms with Crippen LogP contribution in [0.25, 0.3) is 0 Å². The number of hydrogen-bond acceptors (Lipinski definition) is 8. The van der Waals surface area contributed by atoms with E-state index < -0.39 is 30.1 Å². The lowest BCUT2D eigenvalue weighted by molar-refractivity contribution is -0.192. The molecule has 2 rings (SSSR count). The SMILES string of the molecule is CCOC(=O)COc1ccc(C(=O)[C@H](COC)NC(=O)c2ccc(C(=N)N)cc2)cc1.O=C(O)C(F)(F)F. The molecule has 0 aromatic heterocycles. The van der Waals surface area contributed by atoms with Crippen LogP contribution in [0, 0.1) is 5.41 Å². The van der Waals surface area contributed by atoms with E-state index in [2.05, 4.69) is 5.32 Å². The summed E-state index contributed by atoms with van der Waals surface area (Å²) >= 11 is 0. The second-order valence-electron chi connectivity index (χ2n) is 7.26. The summed E-state index contributed by atoms with van der Waals surface area (Å²) in [5, 5.41) is 17.2. The maximum atomic E-state index is 12.9. The number of carbonyl (C=O) groups excluding carboxylic acids is 3. The zero-order valence-corrected chi connectivity index (χ0v) is 20.3. The average Bonchev–Trinajstić information content (AvgIpc) is 2.87. The molecular formula is C24H26F3N3O8. The predicted octanol–water partition coefficient (Wildman–Crippen LogP) is 2.17. The molecule has 14 heteroatoms. The molecule has 0 aliphatic heterocycles. The number of halogens is 3. The van der Waals surface area contributed by atoms with Crippen LogP contribution in [0.3, 0.4) is 0 Å². The third kappa shape index (κ3) is 10.7. The summed E-state index contributed by atoms with van der Waals surface area (Å²) in [6.07, 6.45) is -5.08. The molecule has 0 aliphatic rings. The van der Waals surface area contributed by atoms with Gasteiger partial charge < -0.3 is 30.4 Å². The van der Waals surface area contributed by atoms with Crippen LogP contribution in [0.5, 0.6) is 5.75 Å². The zero-order valence-electron chi connectivity index (χ0n) is 20.3. The number of hydrogen-bond donors (Lipinski definition) is 4. The summed E-state index contributed by atoms with van der Waals surface area (Å²) < 4.78 is 46.9. The monoisotopic (exact) mass is 541 g/mol. The van der Waals surface area contributed by atoms with E-state index in [-0.39, 0.29) is 31.4 Å². The molecule has 38 heavy (non-hydrogen) atoms. The van der Waals surface area contributed by atoms with Crippen molar-refractivity contribution >= 4 is 29.5 Å². The molecule has 0 aliphatic carbocycles. The minimum atomic E-state index is -5.08. The molecule has 0 spiro atoms. The van der Waals surface area contributed by atoms with E-state index in [0.29, 0.717) is 22.4 Å². The van der Waals surface area contributed by atoms with Gasteiger partial charge >= 0.3 is 18.1 Å². The number of nitrogens with two attached hydrogens (primary N) is 1. The van der Waals surface area contributed by atoms with Crippen LogP contribution >= 0.6 is 0 Å². The molecule has 0 radical (unpaired) electrons. The Balaban J connectivity index is 0.000000905. The normalized spacial score (nSPS) is 11.3. The first-order valence-electron chi connectivity index (χ1n) is 10.8. The number of nitrogen functional groups attached to an aromatic ring is 1. The fraction of sp³-hybridized carbons (Fsp3) is 0.292. The molecule has 5 N–H and O–H groups in total. The fourth-order valence-corrected chi connectivity index (χ4v) is 2.65. The average molecular weight is 541 g/mol. The zero-order chi connectivity index (χ0) is 28.9. The Morgan fingerprint density at radius 3 is 1.95 bits per heavy atom. The Labute approximate surface area is 215 Å². The molecule has 1 amide bonds. The van der Waals surface area contributed by atoms with E-state index in [9.17, 15) is 27.6 Å². The van der Waals surface area contributed by atoms with Crippen LogP contribution < -0.4 is 15.8 Å². The number of amides is 1. The van der Waals surface area contributed by atoms with Gasteiger partial charge in [-0.1, -0.05) is 12.1 Å². The van der Waals surface area contributed by atoms with Crippen molar-refractivity contribution in [3.8, 4) is 5.75 Å². The van der Waals surface area contributed by atoms with Crippen LogP contribution in [0.1, 0.15) is 33.2 Å². The molecule has 2 aromatic carbocycles. The number of alkyl halides is 3. The molecule has 0 saturated heterocycles. The van der Waals surface area contributed by atoms with Crippen LogP contribution in [-0.2, 0) is 19.1 Å². The molecule has 2 aromatic rings. The van der Waals surface area contributed by atoms with Gasteiger partial charge in [0.25, 0.3) is 5.91 Å². The molecule has 0 bridgehead atoms. The van der Waals surface area contributed by atoms with E-state index in [1.54, 1.807) is 43.3 Å². The van der Waals surface area contributed by atoms with Crippen molar-refractivity contribution < 1.29 is 51.7 Å². The van der Waals surface area contributed by atoms with Crippen molar-refractivity contribution in [2.75, 3.05) is 26.9 Å². The third-order valence-corrected chi connectivity index (χ3v) is 4.46. The van der Waals surface area contributed by atoms with Gasteiger partial charge in [-0.25, -0.2) is 9.59 Å². The second kappa shape index (κ2) is 14.9. The summed E-state index contributed by atoms with van der Waals surface area (Å²) in [7, 11) is 1.43. The number of ketones is 1. The number of Topliss-reactive ketones (excluding diaryl/α,β-unsaturated/α-hetero) is 1. The molecule has 1 atom stereocenters. The molecule has 11 nitrogen and oxygen atoms in total. The Morgan fingerprint density at radius 2 is 1.50 bits per heavy atom. The number of carbonyl (C=O) groups is 4. The first kappa shape index (κ1) is 31.6. The van der Waals surface area contributed by atoms with Gasteiger partial charge in [-0.05, 0) is 43.3 Å². The summed E-state index contributed by atoms with van der Waals surface area (Å²) in [6.45, 7) is 1.72. The number of carboxylic acid groups (broad SMARTS) is 1. The topological polar surface area (TPSA) is 178 Å². The van der Waals surface area contributed by atoms with Crippen molar-refractivity contribution in [3.63, 3.8) is 0 Å². The predicted molar refractivity (Wildman–Crippen MR) is 127 cm³/mol. The van der Waals surface area contributed by atoms with E-state index in [1.807, 2.05) is 0 Å². The quantitative estimate of drug-likeness (QED) is 0.144. The van der Waals surface area contributed by atoms with Gasteiger partial charge in [0.05, 0.1) is 13.2 Å². The van der Waals surface area contributed by atoms with Crippen molar-refractivity contribution in [1.82, 2.24) is 5.32 Å². The van der Waals surface area contributed by atoms with Gasteiger partial charge in [-0.15, -0.1) is 0 Å². The standard InChI is InChI=1S/C22H25N3O6.C2HF3O2/c1-3-30-19(26)13-31-17-10-8-14(9-11-17)20(27)18(12-29-2)25-22(28)16-6-4-15(5-7-16)21(23)24;3-2(4,5)1(6)7/h4-11,18H,3,12-13H2,1-2H3,(H3,23,24)(H,25,28);(H,6,7)/t18-;/m0./s1. The Kier molecular flexibility index (Phi) is 12.4. The Bertz CT molecular complexity index is 1120. The number of rotatable bonds is 11. The maximum Gasteiger partial charge on any atom is 0.490 e. The van der Waals surface area contributed by atoms with Crippen LogP contribution in [0.15, 0.2) is 48.5 Å². The number of benzene rings is 2. The molecule has 0 unspecified atom stereocenters. The van der Waals surface area contributed by atoms with Gasteiger partial charge in [0.2, 0.25) is 0 Å². The minimum absolute atomic E-state index is 0.0167. The van der Waals surface area contributed by atoms with Crippen LogP contribution in [-0.4, -0.2) is 73.7 Å². The number of ether oxygens (including phenoxy) is 3. The Morgan fingerprint density at radius 1 is 1.00 bits per heavy atom. The highest BCUT2D eigenvalue weighted by Gasteiger charge is 2.38. The fourth-order valence-electron chi connectivity index (χ4n) is 2.65. The van der Waals surface area contributed by atoms with E-state index in [0.717, 1.165) is 0 Å². The summed E-state index contributed by atoms with van der Waals surface area (Å²) in [5.74, 6) is -3.74. The number of nitrogens with one attached hydrogen (secondary N) is 2. The maximum absolute atomic E-state index is 12.9. The third-order valence-electron chi connectivity index (χ3n) is 4.46. The first-order valence-corrected chi connectivity index (χ1v) is 10.8. The number of amidine groups is 1. The van der Waals surface area contributed by atoms with Gasteiger partial charge in [0.1, 0.15) is 17.6 Å². The van der Waals surface area contributed by atoms with Gasteiger partial charge in [-0.2, -0.15) is 13.2 Å². The number of carboxylic acids is 1. The number of aliphatic carboxylic acids is 1. The highest BCUT2D eigenvalue weighted by Crippen LogP contribution is 2.15. The first-order chi connectivity index (χ1) is 17.8. The van der Waals surface area contributed by atoms with E-state index in [4.69, 9.17) is 35.3 Å². The lowest BCUT2D eigenvalue weighted by atomic mass is 10.0. The molecular weight excluding hydrogens is 515 g/mol. The molecule has 0 saturated carbocycles. The van der Waals surface area contributed by atoms with Crippen molar-refractivity contribution in [3.05, 3.63) is 65.2 Å². The van der Waals surface area contributed by atoms with Gasteiger partial charge in [0, 0.05) is 23.8 Å². The van der Waals surface area contributed by atoms with E-state index in [1.165, 1.54) is 19.2 Å². The molecule has 206 valence electrons. The smallest absolute Gasteiger partial charge is 0.482 e. The summed E-state index contributed by atoms with van der Waals surface area (Å²) in [4.78, 5) is 45.6. The summed E-state index contributed by atoms with van der Waals surface area (Å²) in [5.41, 5.74) is 6.57. The van der Waals surface area contributed by atoms with Gasteiger partial charge in [-0.3, -0.25) is 15.0 Å². The van der Waals surface area contributed by atoms with E-state index >= 15 is 0 Å². The van der Waals surface area contributed by atoms with Crippen LogP contribution in [0.2, 0.25) is 0 Å². The lowest BCUT2D eigenvalue weighted by Crippen LogP contribution is -2.44. The summed E-state index contributed by atoms with van der Waals surface area (Å²) in [6, 6.07) is 11.4. The van der Waals surface area contributed by atoms with Crippen molar-refractivity contribution in [2.24, 2.45) is 5.73 Å². The molecule has 0 heterocycles. The van der Waals surface area contributed by atoms with Gasteiger partial charge in [0.15, 0.2) is 12.4 Å². The highest BCUT2D eigenvalue weighted by atomic mass is 19.4. The van der Waals surface area contributed by atoms with Crippen LogP contribution in [0.4, 0.5) is 13.2 Å². The largest absolute Gasteiger partial charge is 0.490 e. The Hall–Kier alpha value is -4.46. The second-order valence-corrected chi connectivity index (χ2v) is 7.26. The minimum Gasteiger partial charge on any atom is -0.482 e. The highest BCUT2D eigenvalue weighted by molar-refractivity contribution is 6.05. The number of methoxy groups -OCH3 is 1. The molecule has 0 fully saturated rings.